The summed E-state index contributed by atoms with van der Waals surface area (Å²) >= 11 is 0. The first-order valence-corrected chi connectivity index (χ1v) is 9.97. The van der Waals surface area contributed by atoms with E-state index in [0.29, 0.717) is 39.1 Å². The molecule has 2 atom stereocenters. The van der Waals surface area contributed by atoms with Crippen LogP contribution in [-0.2, 0) is 19.4 Å². The average molecular weight is 330 g/mol. The highest BCUT2D eigenvalue weighted by atomic mass is 32.2. The van der Waals surface area contributed by atoms with Gasteiger partial charge in [-0.15, -0.1) is 0 Å². The van der Waals surface area contributed by atoms with Gasteiger partial charge in [0.15, 0.2) is 9.84 Å². The molecular weight excluding hydrogens is 304 g/mol. The maximum atomic E-state index is 12.8. The Morgan fingerprint density at radius 1 is 1.27 bits per heavy atom. The Balaban J connectivity index is 1.77. The lowest BCUT2D eigenvalue weighted by Crippen LogP contribution is -2.63. The van der Waals surface area contributed by atoms with E-state index in [-0.39, 0.29) is 23.8 Å². The van der Waals surface area contributed by atoms with E-state index in [9.17, 15) is 13.2 Å². The van der Waals surface area contributed by atoms with Crippen molar-refractivity contribution in [1.29, 1.82) is 0 Å². The van der Waals surface area contributed by atoms with Crippen molar-refractivity contribution in [1.82, 2.24) is 10.2 Å². The number of sulfone groups is 1. The van der Waals surface area contributed by atoms with E-state index in [4.69, 9.17) is 4.74 Å². The molecule has 7 heteroatoms. The summed E-state index contributed by atoms with van der Waals surface area (Å²) in [5, 5.41) is 3.21. The van der Waals surface area contributed by atoms with Gasteiger partial charge in [0, 0.05) is 19.6 Å². The first kappa shape index (κ1) is 16.2. The highest BCUT2D eigenvalue weighted by Crippen LogP contribution is 2.38. The molecule has 6 nitrogen and oxygen atoms in total. The lowest BCUT2D eigenvalue weighted by molar-refractivity contribution is -0.140. The topological polar surface area (TPSA) is 75.7 Å². The summed E-state index contributed by atoms with van der Waals surface area (Å²) < 4.78 is 30.0. The largest absolute Gasteiger partial charge is 0.375 e. The van der Waals surface area contributed by atoms with Gasteiger partial charge in [-0.25, -0.2) is 8.42 Å². The van der Waals surface area contributed by atoms with Crippen LogP contribution >= 0.6 is 0 Å². The van der Waals surface area contributed by atoms with Crippen LogP contribution < -0.4 is 5.32 Å². The summed E-state index contributed by atoms with van der Waals surface area (Å²) in [5.74, 6) is 0.0906. The van der Waals surface area contributed by atoms with Crippen molar-refractivity contribution in [2.24, 2.45) is 0 Å². The molecule has 0 aromatic rings. The lowest BCUT2D eigenvalue weighted by Gasteiger charge is -2.45. The molecule has 1 saturated carbocycles. The highest BCUT2D eigenvalue weighted by Gasteiger charge is 2.50. The number of morpholine rings is 1. The highest BCUT2D eigenvalue weighted by molar-refractivity contribution is 7.92. The smallest absolute Gasteiger partial charge is 0.242 e. The van der Waals surface area contributed by atoms with Crippen LogP contribution in [0.4, 0.5) is 0 Å². The first-order chi connectivity index (χ1) is 10.5. The monoisotopic (exact) mass is 330 g/mol. The predicted octanol–water partition coefficient (Wildman–Crippen LogP) is 0.323. The van der Waals surface area contributed by atoms with Crippen LogP contribution in [0.1, 0.15) is 39.0 Å². The number of rotatable bonds is 1. The van der Waals surface area contributed by atoms with Gasteiger partial charge in [0.2, 0.25) is 5.91 Å². The number of carbonyl (C=O) groups is 1. The Hall–Kier alpha value is -0.660. The van der Waals surface area contributed by atoms with Gasteiger partial charge in [-0.05, 0) is 19.8 Å². The first-order valence-electron chi connectivity index (χ1n) is 8.31. The molecule has 126 valence electrons. The van der Waals surface area contributed by atoms with Gasteiger partial charge in [-0.3, -0.25) is 4.79 Å². The van der Waals surface area contributed by atoms with Gasteiger partial charge in [-0.1, -0.05) is 19.3 Å². The van der Waals surface area contributed by atoms with E-state index in [1.54, 1.807) is 4.90 Å². The quantitative estimate of drug-likeness (QED) is 0.749. The summed E-state index contributed by atoms with van der Waals surface area (Å²) in [5.41, 5.74) is 0. The van der Waals surface area contributed by atoms with Gasteiger partial charge in [-0.2, -0.15) is 0 Å². The minimum atomic E-state index is -3.10. The van der Waals surface area contributed by atoms with Crippen molar-refractivity contribution in [2.75, 3.05) is 32.0 Å². The summed E-state index contributed by atoms with van der Waals surface area (Å²) in [7, 11) is -3.10. The summed E-state index contributed by atoms with van der Waals surface area (Å²) in [6.45, 7) is 3.85. The second kappa shape index (κ2) is 6.09. The minimum absolute atomic E-state index is 0.00736. The average Bonchev–Trinajstić information content (AvgIpc) is 2.51. The second-order valence-corrected chi connectivity index (χ2v) is 9.33. The Morgan fingerprint density at radius 3 is 2.68 bits per heavy atom. The molecule has 1 amide bonds. The standard InChI is InChI=1S/C15H26N2O4S/c1-12-13(16-7-9-21-12)14(18)17-8-10-22(19,20)15(11-17)5-3-2-4-6-15/h12-13,16H,2-11H2,1H3/t12-,13+/m1/s1. The van der Waals surface area contributed by atoms with Crippen LogP contribution in [0.15, 0.2) is 0 Å². The lowest BCUT2D eigenvalue weighted by atomic mass is 9.87. The molecule has 0 radical (unpaired) electrons. The van der Waals surface area contributed by atoms with E-state index in [0.717, 1.165) is 19.3 Å². The third-order valence-electron chi connectivity index (χ3n) is 5.43. The number of hydrogen-bond donors (Lipinski definition) is 1. The van der Waals surface area contributed by atoms with Gasteiger partial charge in [0.25, 0.3) is 0 Å². The fraction of sp³-hybridized carbons (Fsp3) is 0.933. The Bertz CT molecular complexity index is 528. The molecule has 3 rings (SSSR count). The molecule has 2 saturated heterocycles. The second-order valence-electron chi connectivity index (χ2n) is 6.83. The summed E-state index contributed by atoms with van der Waals surface area (Å²) in [6.07, 6.45) is 4.22. The van der Waals surface area contributed by atoms with Crippen molar-refractivity contribution in [3.63, 3.8) is 0 Å². The van der Waals surface area contributed by atoms with Crippen molar-refractivity contribution in [3.8, 4) is 0 Å². The van der Waals surface area contributed by atoms with Crippen molar-refractivity contribution in [3.05, 3.63) is 0 Å². The van der Waals surface area contributed by atoms with E-state index in [2.05, 4.69) is 5.32 Å². The maximum Gasteiger partial charge on any atom is 0.242 e. The maximum absolute atomic E-state index is 12.8. The van der Waals surface area contributed by atoms with E-state index < -0.39 is 14.6 Å². The van der Waals surface area contributed by atoms with Gasteiger partial charge >= 0.3 is 0 Å². The molecule has 1 spiro atoms. The number of amides is 1. The molecular formula is C15H26N2O4S. The van der Waals surface area contributed by atoms with Crippen LogP contribution in [0.3, 0.4) is 0 Å². The van der Waals surface area contributed by atoms with E-state index >= 15 is 0 Å². The summed E-state index contributed by atoms with van der Waals surface area (Å²) in [6, 6.07) is -0.352. The summed E-state index contributed by atoms with van der Waals surface area (Å²) in [4.78, 5) is 14.5. The zero-order valence-electron chi connectivity index (χ0n) is 13.2. The molecule has 0 aromatic carbocycles. The number of carbonyl (C=O) groups excluding carboxylic acids is 1. The number of hydrogen-bond acceptors (Lipinski definition) is 5. The van der Waals surface area contributed by atoms with Crippen LogP contribution in [-0.4, -0.2) is 68.1 Å². The van der Waals surface area contributed by atoms with Crippen molar-refractivity contribution >= 4 is 15.7 Å². The molecule has 2 heterocycles. The molecule has 22 heavy (non-hydrogen) atoms. The molecule has 3 fully saturated rings. The van der Waals surface area contributed by atoms with E-state index in [1.165, 1.54) is 0 Å². The number of nitrogens with one attached hydrogen (secondary N) is 1. The number of nitrogens with zero attached hydrogens (tertiary/aromatic N) is 1. The van der Waals surface area contributed by atoms with Crippen LogP contribution in [0, 0.1) is 0 Å². The Kier molecular flexibility index (Phi) is 4.49. The minimum Gasteiger partial charge on any atom is -0.375 e. The predicted molar refractivity (Wildman–Crippen MR) is 83.4 cm³/mol. The zero-order chi connectivity index (χ0) is 15.8. The van der Waals surface area contributed by atoms with Crippen LogP contribution in [0.25, 0.3) is 0 Å². The van der Waals surface area contributed by atoms with Gasteiger partial charge in [0.05, 0.1) is 23.2 Å². The molecule has 3 aliphatic rings. The Labute approximate surface area is 132 Å². The molecule has 2 aliphatic heterocycles. The SMILES string of the molecule is C[C@H]1OCCN[C@@H]1C(=O)N1CCS(=O)(=O)C2(CCCCC2)C1. The third-order valence-corrected chi connectivity index (χ3v) is 8.00. The van der Waals surface area contributed by atoms with Crippen LogP contribution in [0.2, 0.25) is 0 Å². The third kappa shape index (κ3) is 2.78. The normalized spacial score (nSPS) is 34.5. The van der Waals surface area contributed by atoms with Gasteiger partial charge < -0.3 is 15.0 Å². The Morgan fingerprint density at radius 2 is 2.00 bits per heavy atom. The fourth-order valence-corrected chi connectivity index (χ4v) is 6.19. The molecule has 0 unspecified atom stereocenters. The molecule has 1 aliphatic carbocycles. The van der Waals surface area contributed by atoms with Gasteiger partial charge in [0.1, 0.15) is 6.04 Å². The fourth-order valence-electron chi connectivity index (χ4n) is 4.03. The van der Waals surface area contributed by atoms with E-state index in [1.807, 2.05) is 6.92 Å². The molecule has 0 bridgehead atoms. The molecule has 0 aromatic heterocycles. The van der Waals surface area contributed by atoms with Crippen LogP contribution in [0.5, 0.6) is 0 Å². The molecule has 1 N–H and O–H groups in total. The number of ether oxygens (including phenoxy) is 1. The zero-order valence-corrected chi connectivity index (χ0v) is 14.0. The van der Waals surface area contributed by atoms with Crippen molar-refractivity contribution in [2.45, 2.75) is 55.9 Å². The van der Waals surface area contributed by atoms with Crippen molar-refractivity contribution < 1.29 is 17.9 Å².